The van der Waals surface area contributed by atoms with Crippen LogP contribution >= 0.6 is 23.1 Å². The van der Waals surface area contributed by atoms with E-state index < -0.39 is 11.4 Å². The minimum atomic E-state index is -0.804. The second-order valence-corrected chi connectivity index (χ2v) is 7.37. The van der Waals surface area contributed by atoms with Crippen molar-refractivity contribution < 1.29 is 14.7 Å². The Labute approximate surface area is 127 Å². The molecule has 0 bridgehead atoms. The highest BCUT2D eigenvalue weighted by Gasteiger charge is 2.39. The van der Waals surface area contributed by atoms with Crippen LogP contribution in [0.1, 0.15) is 24.6 Å². The lowest BCUT2D eigenvalue weighted by Gasteiger charge is -2.37. The second kappa shape index (κ2) is 6.63. The Morgan fingerprint density at radius 1 is 1.55 bits per heavy atom. The van der Waals surface area contributed by atoms with Crippen LogP contribution in [0.25, 0.3) is 0 Å². The molecule has 20 heavy (non-hydrogen) atoms. The van der Waals surface area contributed by atoms with Gasteiger partial charge in [-0.05, 0) is 31.2 Å². The summed E-state index contributed by atoms with van der Waals surface area (Å²) in [4.78, 5) is 26.4. The van der Waals surface area contributed by atoms with E-state index in [4.69, 9.17) is 0 Å². The number of carboxylic acid groups (broad SMARTS) is 1. The van der Waals surface area contributed by atoms with E-state index in [-0.39, 0.29) is 5.91 Å². The maximum atomic E-state index is 12.2. The van der Waals surface area contributed by atoms with Crippen LogP contribution in [0.2, 0.25) is 0 Å². The summed E-state index contributed by atoms with van der Waals surface area (Å²) in [7, 11) is 0. The van der Waals surface area contributed by atoms with Gasteiger partial charge in [-0.15, -0.1) is 23.1 Å². The normalized spacial score (nSPS) is 22.8. The molecule has 1 amide bonds. The molecule has 2 heterocycles. The van der Waals surface area contributed by atoms with E-state index in [1.165, 1.54) is 4.88 Å². The van der Waals surface area contributed by atoms with Gasteiger partial charge in [0.15, 0.2) is 0 Å². The molecule has 1 fully saturated rings. The average molecular weight is 313 g/mol. The molecular formula is C14H19NO3S2. The van der Waals surface area contributed by atoms with Crippen LogP contribution < -0.4 is 0 Å². The molecule has 0 spiro atoms. The van der Waals surface area contributed by atoms with E-state index in [0.717, 1.165) is 12.2 Å². The molecule has 1 N–H and O–H groups in total. The van der Waals surface area contributed by atoms with Gasteiger partial charge in [0.2, 0.25) is 5.91 Å². The number of carbonyl (C=O) groups excluding carboxylic acids is 1. The third kappa shape index (κ3) is 3.76. The van der Waals surface area contributed by atoms with E-state index in [2.05, 4.69) is 6.07 Å². The number of carbonyl (C=O) groups is 2. The number of nitrogens with zero attached hydrogens (tertiary/aromatic N) is 1. The number of piperidine rings is 1. The number of aliphatic carboxylic acids is 1. The fourth-order valence-electron chi connectivity index (χ4n) is 2.35. The van der Waals surface area contributed by atoms with Gasteiger partial charge in [-0.1, -0.05) is 6.07 Å². The Bertz CT molecular complexity index is 475. The van der Waals surface area contributed by atoms with E-state index >= 15 is 0 Å². The highest BCUT2D eigenvalue weighted by molar-refractivity contribution is 7.99. The number of thiophene rings is 1. The summed E-state index contributed by atoms with van der Waals surface area (Å²) in [5.74, 6) is 0.515. The number of rotatable bonds is 5. The molecule has 0 aliphatic carbocycles. The van der Waals surface area contributed by atoms with Crippen LogP contribution in [-0.2, 0) is 15.3 Å². The maximum Gasteiger partial charge on any atom is 0.311 e. The number of hydrogen-bond acceptors (Lipinski definition) is 4. The first kappa shape index (κ1) is 15.4. The van der Waals surface area contributed by atoms with E-state index in [1.807, 2.05) is 11.4 Å². The summed E-state index contributed by atoms with van der Waals surface area (Å²) < 4.78 is 0. The molecule has 1 aromatic rings. The van der Waals surface area contributed by atoms with E-state index in [1.54, 1.807) is 34.9 Å². The van der Waals surface area contributed by atoms with Gasteiger partial charge in [0, 0.05) is 23.7 Å². The molecule has 1 aromatic heterocycles. The van der Waals surface area contributed by atoms with Crippen LogP contribution in [0, 0.1) is 5.41 Å². The Hall–Kier alpha value is -1.01. The molecule has 1 unspecified atom stereocenters. The minimum absolute atomic E-state index is 0.0544. The van der Waals surface area contributed by atoms with Crippen LogP contribution in [0.15, 0.2) is 17.5 Å². The number of thioether (sulfide) groups is 1. The second-order valence-electron chi connectivity index (χ2n) is 5.36. The lowest BCUT2D eigenvalue weighted by Crippen LogP contribution is -2.48. The van der Waals surface area contributed by atoms with Gasteiger partial charge in [0.05, 0.1) is 11.2 Å². The van der Waals surface area contributed by atoms with Crippen molar-refractivity contribution in [3.8, 4) is 0 Å². The molecule has 110 valence electrons. The van der Waals surface area contributed by atoms with Gasteiger partial charge >= 0.3 is 5.97 Å². The largest absolute Gasteiger partial charge is 0.481 e. The van der Waals surface area contributed by atoms with Gasteiger partial charge in [-0.2, -0.15) is 0 Å². The first-order valence-electron chi connectivity index (χ1n) is 6.62. The van der Waals surface area contributed by atoms with Crippen molar-refractivity contribution in [2.75, 3.05) is 18.8 Å². The molecule has 4 nitrogen and oxygen atoms in total. The molecular weight excluding hydrogens is 294 g/mol. The minimum Gasteiger partial charge on any atom is -0.481 e. The first-order chi connectivity index (χ1) is 9.51. The monoisotopic (exact) mass is 313 g/mol. The van der Waals surface area contributed by atoms with Gasteiger partial charge < -0.3 is 10.0 Å². The lowest BCUT2D eigenvalue weighted by atomic mass is 9.82. The third-order valence-corrected chi connectivity index (χ3v) is 5.64. The van der Waals surface area contributed by atoms with Crippen LogP contribution in [0.5, 0.6) is 0 Å². The molecule has 1 atom stereocenters. The van der Waals surface area contributed by atoms with Gasteiger partial charge in [0.25, 0.3) is 0 Å². The van der Waals surface area contributed by atoms with E-state index in [9.17, 15) is 14.7 Å². The van der Waals surface area contributed by atoms with Crippen molar-refractivity contribution in [3.63, 3.8) is 0 Å². The Morgan fingerprint density at radius 3 is 3.00 bits per heavy atom. The zero-order chi connectivity index (χ0) is 14.6. The van der Waals surface area contributed by atoms with Crippen LogP contribution in [0.4, 0.5) is 0 Å². The van der Waals surface area contributed by atoms with Crippen molar-refractivity contribution in [2.24, 2.45) is 5.41 Å². The zero-order valence-electron chi connectivity index (χ0n) is 11.5. The zero-order valence-corrected chi connectivity index (χ0v) is 13.1. The number of likely N-dealkylation sites (tertiary alicyclic amines) is 1. The predicted molar refractivity (Wildman–Crippen MR) is 82.0 cm³/mol. The summed E-state index contributed by atoms with van der Waals surface area (Å²) >= 11 is 3.28. The topological polar surface area (TPSA) is 57.6 Å². The predicted octanol–water partition coefficient (Wildman–Crippen LogP) is 2.69. The van der Waals surface area contributed by atoms with Gasteiger partial charge in [0.1, 0.15) is 0 Å². The third-order valence-electron chi connectivity index (χ3n) is 3.62. The highest BCUT2D eigenvalue weighted by atomic mass is 32.2. The summed E-state index contributed by atoms with van der Waals surface area (Å²) in [6.45, 7) is 2.75. The molecule has 0 radical (unpaired) electrons. The number of hydrogen-bond donors (Lipinski definition) is 1. The van der Waals surface area contributed by atoms with Crippen LogP contribution in [0.3, 0.4) is 0 Å². The number of amides is 1. The molecule has 6 heteroatoms. The maximum absolute atomic E-state index is 12.2. The SMILES string of the molecule is CC1(C(=O)O)CCCN(C(=O)CSCc2cccs2)C1. The Morgan fingerprint density at radius 2 is 2.35 bits per heavy atom. The highest BCUT2D eigenvalue weighted by Crippen LogP contribution is 2.30. The molecule has 1 saturated heterocycles. The first-order valence-corrected chi connectivity index (χ1v) is 8.66. The molecule has 1 aliphatic heterocycles. The van der Waals surface area contributed by atoms with Gasteiger partial charge in [-0.3, -0.25) is 9.59 Å². The van der Waals surface area contributed by atoms with Crippen molar-refractivity contribution in [1.82, 2.24) is 4.90 Å². The quantitative estimate of drug-likeness (QED) is 0.908. The lowest BCUT2D eigenvalue weighted by molar-refractivity contribution is -0.153. The molecule has 2 rings (SSSR count). The molecule has 0 saturated carbocycles. The van der Waals surface area contributed by atoms with Gasteiger partial charge in [-0.25, -0.2) is 0 Å². The fourth-order valence-corrected chi connectivity index (χ4v) is 4.12. The molecule has 0 aromatic carbocycles. The fraction of sp³-hybridized carbons (Fsp3) is 0.571. The van der Waals surface area contributed by atoms with Crippen molar-refractivity contribution in [2.45, 2.75) is 25.5 Å². The Kier molecular flexibility index (Phi) is 5.10. The average Bonchev–Trinajstić information content (AvgIpc) is 2.91. The molecule has 1 aliphatic rings. The standard InChI is InChI=1S/C14H19NO3S2/c1-14(13(17)18)5-3-6-15(10-14)12(16)9-19-8-11-4-2-7-20-11/h2,4,7H,3,5-6,8-10H2,1H3,(H,17,18). The van der Waals surface area contributed by atoms with Crippen molar-refractivity contribution >= 4 is 35.0 Å². The summed E-state index contributed by atoms with van der Waals surface area (Å²) in [6, 6.07) is 4.07. The van der Waals surface area contributed by atoms with E-state index in [0.29, 0.717) is 25.3 Å². The smallest absolute Gasteiger partial charge is 0.311 e. The number of carboxylic acids is 1. The van der Waals surface area contributed by atoms with Crippen molar-refractivity contribution in [1.29, 1.82) is 0 Å². The Balaban J connectivity index is 1.81. The van der Waals surface area contributed by atoms with Crippen LogP contribution in [-0.4, -0.2) is 40.7 Å². The summed E-state index contributed by atoms with van der Waals surface area (Å²) in [6.07, 6.45) is 1.42. The summed E-state index contributed by atoms with van der Waals surface area (Å²) in [5, 5.41) is 11.3. The summed E-state index contributed by atoms with van der Waals surface area (Å²) in [5.41, 5.74) is -0.785. The van der Waals surface area contributed by atoms with Crippen molar-refractivity contribution in [3.05, 3.63) is 22.4 Å².